The lowest BCUT2D eigenvalue weighted by atomic mass is 10.1. The Bertz CT molecular complexity index is 929. The highest BCUT2D eigenvalue weighted by atomic mass is 35.5. The third-order valence-corrected chi connectivity index (χ3v) is 5.33. The summed E-state index contributed by atoms with van der Waals surface area (Å²) < 4.78 is 5.75. The quantitative estimate of drug-likeness (QED) is 0.641. The predicted octanol–water partition coefficient (Wildman–Crippen LogP) is 4.93. The number of hydrogen-bond acceptors (Lipinski definition) is 4. The number of piperazine rings is 1. The number of benzene rings is 2. The van der Waals surface area contributed by atoms with Gasteiger partial charge >= 0.3 is 0 Å². The first-order chi connectivity index (χ1) is 13.1. The van der Waals surface area contributed by atoms with Gasteiger partial charge in [-0.15, -0.1) is 0 Å². The zero-order chi connectivity index (χ0) is 18.8. The Kier molecular flexibility index (Phi) is 5.19. The monoisotopic (exact) mass is 381 g/mol. The van der Waals surface area contributed by atoms with Gasteiger partial charge in [-0.05, 0) is 43.7 Å². The van der Waals surface area contributed by atoms with Gasteiger partial charge in [0, 0.05) is 49.0 Å². The lowest BCUT2D eigenvalue weighted by Gasteiger charge is -2.35. The van der Waals surface area contributed by atoms with Crippen molar-refractivity contribution in [1.82, 2.24) is 9.88 Å². The molecule has 0 N–H and O–H groups in total. The highest BCUT2D eigenvalue weighted by molar-refractivity contribution is 6.30. The van der Waals surface area contributed by atoms with Gasteiger partial charge in [-0.3, -0.25) is 4.90 Å². The second kappa shape index (κ2) is 7.75. The van der Waals surface area contributed by atoms with Crippen LogP contribution in [0.25, 0.3) is 11.5 Å². The highest BCUT2D eigenvalue weighted by Crippen LogP contribution is 2.25. The van der Waals surface area contributed by atoms with E-state index in [1.807, 2.05) is 18.2 Å². The summed E-state index contributed by atoms with van der Waals surface area (Å²) in [5, 5.41) is 0.788. The number of aryl methyl sites for hydroxylation is 2. The summed E-state index contributed by atoms with van der Waals surface area (Å²) in [6.07, 6.45) is 1.79. The van der Waals surface area contributed by atoms with Gasteiger partial charge in [0.05, 0.1) is 5.69 Å². The Labute approximate surface area is 165 Å². The fourth-order valence-corrected chi connectivity index (χ4v) is 3.81. The Morgan fingerprint density at radius 3 is 2.59 bits per heavy atom. The molecule has 4 rings (SSSR count). The van der Waals surface area contributed by atoms with Crippen LogP contribution in [0.3, 0.4) is 0 Å². The van der Waals surface area contributed by atoms with Crippen molar-refractivity contribution >= 4 is 17.3 Å². The van der Waals surface area contributed by atoms with Crippen molar-refractivity contribution in [1.29, 1.82) is 0 Å². The Hall–Kier alpha value is -2.30. The Balaban J connectivity index is 1.38. The van der Waals surface area contributed by atoms with Gasteiger partial charge < -0.3 is 9.32 Å². The molecule has 140 valence electrons. The first-order valence-corrected chi connectivity index (χ1v) is 9.71. The van der Waals surface area contributed by atoms with Crippen molar-refractivity contribution in [3.05, 3.63) is 70.6 Å². The molecule has 27 heavy (non-hydrogen) atoms. The average Bonchev–Trinajstić information content (AvgIpc) is 3.10. The van der Waals surface area contributed by atoms with E-state index in [1.54, 1.807) is 6.26 Å². The van der Waals surface area contributed by atoms with Gasteiger partial charge in [-0.25, -0.2) is 4.98 Å². The summed E-state index contributed by atoms with van der Waals surface area (Å²) in [5.41, 5.74) is 5.69. The second-order valence-electron chi connectivity index (χ2n) is 7.21. The molecule has 1 aliphatic rings. The maximum absolute atomic E-state index is 6.12. The topological polar surface area (TPSA) is 32.5 Å². The Morgan fingerprint density at radius 1 is 1.04 bits per heavy atom. The molecule has 2 aromatic carbocycles. The molecule has 4 nitrogen and oxygen atoms in total. The van der Waals surface area contributed by atoms with Gasteiger partial charge in [0.25, 0.3) is 0 Å². The van der Waals surface area contributed by atoms with E-state index >= 15 is 0 Å². The van der Waals surface area contributed by atoms with E-state index < -0.39 is 0 Å². The summed E-state index contributed by atoms with van der Waals surface area (Å²) in [6.45, 7) is 8.99. The van der Waals surface area contributed by atoms with Gasteiger partial charge in [0.15, 0.2) is 0 Å². The largest absolute Gasteiger partial charge is 0.444 e. The highest BCUT2D eigenvalue weighted by Gasteiger charge is 2.19. The summed E-state index contributed by atoms with van der Waals surface area (Å²) in [4.78, 5) is 9.52. The number of aromatic nitrogens is 1. The molecule has 0 radical (unpaired) electrons. The minimum absolute atomic E-state index is 0.708. The number of halogens is 1. The first kappa shape index (κ1) is 18.1. The van der Waals surface area contributed by atoms with Crippen molar-refractivity contribution in [3.8, 4) is 11.5 Å². The van der Waals surface area contributed by atoms with Crippen LogP contribution in [0.2, 0.25) is 5.02 Å². The van der Waals surface area contributed by atoms with Gasteiger partial charge in [0.2, 0.25) is 5.89 Å². The molecular weight excluding hydrogens is 358 g/mol. The summed E-state index contributed by atoms with van der Waals surface area (Å²) >= 11 is 6.12. The zero-order valence-electron chi connectivity index (χ0n) is 15.8. The maximum atomic E-state index is 6.12. The van der Waals surface area contributed by atoms with E-state index in [2.05, 4.69) is 47.9 Å². The molecule has 2 heterocycles. The fraction of sp³-hybridized carbons (Fsp3) is 0.318. The third-order valence-electron chi connectivity index (χ3n) is 5.10. The molecule has 0 amide bonds. The maximum Gasteiger partial charge on any atom is 0.226 e. The standard InChI is InChI=1S/C22H24ClN3O/c1-16-6-7-21(17(2)12-16)22-24-19(15-27-22)14-25-8-10-26(11-9-25)20-5-3-4-18(23)13-20/h3-7,12-13,15H,8-11,14H2,1-2H3. The molecule has 3 aromatic rings. The number of oxazole rings is 1. The van der Waals surface area contributed by atoms with Crippen LogP contribution in [-0.4, -0.2) is 36.1 Å². The molecular formula is C22H24ClN3O. The SMILES string of the molecule is Cc1ccc(-c2nc(CN3CCN(c4cccc(Cl)c4)CC3)co2)c(C)c1. The van der Waals surface area contributed by atoms with E-state index in [4.69, 9.17) is 21.0 Å². The van der Waals surface area contributed by atoms with Gasteiger partial charge in [-0.1, -0.05) is 35.4 Å². The van der Waals surface area contributed by atoms with Crippen molar-refractivity contribution in [2.75, 3.05) is 31.1 Å². The molecule has 0 atom stereocenters. The molecule has 0 unspecified atom stereocenters. The van der Waals surface area contributed by atoms with Crippen LogP contribution < -0.4 is 4.90 Å². The van der Waals surface area contributed by atoms with Crippen LogP contribution in [0.4, 0.5) is 5.69 Å². The van der Waals surface area contributed by atoms with Crippen LogP contribution in [0, 0.1) is 13.8 Å². The van der Waals surface area contributed by atoms with Gasteiger partial charge in [0.1, 0.15) is 6.26 Å². The fourth-order valence-electron chi connectivity index (χ4n) is 3.62. The van der Waals surface area contributed by atoms with Crippen LogP contribution in [0.1, 0.15) is 16.8 Å². The minimum Gasteiger partial charge on any atom is -0.444 e. The molecule has 1 fully saturated rings. The van der Waals surface area contributed by atoms with Crippen molar-refractivity contribution < 1.29 is 4.42 Å². The molecule has 1 saturated heterocycles. The molecule has 0 saturated carbocycles. The molecule has 0 aliphatic carbocycles. The summed E-state index contributed by atoms with van der Waals surface area (Å²) in [6, 6.07) is 14.4. The van der Waals surface area contributed by atoms with Crippen LogP contribution in [0.5, 0.6) is 0 Å². The summed E-state index contributed by atoms with van der Waals surface area (Å²) in [5.74, 6) is 0.708. The average molecular weight is 382 g/mol. The first-order valence-electron chi connectivity index (χ1n) is 9.33. The number of anilines is 1. The second-order valence-corrected chi connectivity index (χ2v) is 7.64. The van der Waals surface area contributed by atoms with Crippen molar-refractivity contribution in [2.24, 2.45) is 0 Å². The molecule has 5 heteroatoms. The smallest absolute Gasteiger partial charge is 0.226 e. The van der Waals surface area contributed by atoms with Crippen LogP contribution >= 0.6 is 11.6 Å². The zero-order valence-corrected chi connectivity index (χ0v) is 16.5. The number of nitrogens with zero attached hydrogens (tertiary/aromatic N) is 3. The van der Waals surface area contributed by atoms with Crippen LogP contribution in [0.15, 0.2) is 53.1 Å². The van der Waals surface area contributed by atoms with Crippen molar-refractivity contribution in [2.45, 2.75) is 20.4 Å². The van der Waals surface area contributed by atoms with E-state index in [9.17, 15) is 0 Å². The normalized spacial score (nSPS) is 15.3. The van der Waals surface area contributed by atoms with E-state index in [1.165, 1.54) is 16.8 Å². The van der Waals surface area contributed by atoms with Gasteiger partial charge in [-0.2, -0.15) is 0 Å². The number of hydrogen-bond donors (Lipinski definition) is 0. The summed E-state index contributed by atoms with van der Waals surface area (Å²) in [7, 11) is 0. The van der Waals surface area contributed by atoms with Crippen molar-refractivity contribution in [3.63, 3.8) is 0 Å². The third kappa shape index (κ3) is 4.18. The molecule has 1 aliphatic heterocycles. The number of rotatable bonds is 4. The van der Waals surface area contributed by atoms with E-state index in [0.717, 1.165) is 49.0 Å². The molecule has 0 bridgehead atoms. The lowest BCUT2D eigenvalue weighted by molar-refractivity contribution is 0.247. The predicted molar refractivity (Wildman–Crippen MR) is 110 cm³/mol. The molecule has 1 aromatic heterocycles. The Morgan fingerprint density at radius 2 is 1.85 bits per heavy atom. The molecule has 0 spiro atoms. The minimum atomic E-state index is 0.708. The van der Waals surface area contributed by atoms with Crippen LogP contribution in [-0.2, 0) is 6.54 Å². The van der Waals surface area contributed by atoms with E-state index in [0.29, 0.717) is 5.89 Å². The van der Waals surface area contributed by atoms with E-state index in [-0.39, 0.29) is 0 Å². The lowest BCUT2D eigenvalue weighted by Crippen LogP contribution is -2.46.